The maximum absolute atomic E-state index is 12.7. The van der Waals surface area contributed by atoms with Gasteiger partial charge in [0.2, 0.25) is 0 Å². The second-order valence-corrected chi connectivity index (χ2v) is 8.94. The summed E-state index contributed by atoms with van der Waals surface area (Å²) in [6.07, 6.45) is 2.03. The van der Waals surface area contributed by atoms with Crippen LogP contribution in [0.3, 0.4) is 0 Å². The number of carbonyl (C=O) groups excluding carboxylic acids is 2. The first-order valence-electron chi connectivity index (χ1n) is 10.3. The molecule has 0 N–H and O–H groups in total. The maximum atomic E-state index is 12.7. The van der Waals surface area contributed by atoms with Gasteiger partial charge in [-0.05, 0) is 63.6 Å². The summed E-state index contributed by atoms with van der Waals surface area (Å²) >= 11 is 0. The fourth-order valence-electron chi connectivity index (χ4n) is 3.45. The molecule has 1 aromatic carbocycles. The monoisotopic (exact) mass is 419 g/mol. The summed E-state index contributed by atoms with van der Waals surface area (Å²) in [6.45, 7) is 7.32. The minimum Gasteiger partial charge on any atom is -0.445 e. The number of hydrogen-bond donors (Lipinski definition) is 0. The fraction of sp³-hybridized carbons (Fsp3) is 0.619. The van der Waals surface area contributed by atoms with Gasteiger partial charge in [-0.25, -0.2) is 9.59 Å². The van der Waals surface area contributed by atoms with Crippen LogP contribution >= 0.6 is 0 Å². The quantitative estimate of drug-likeness (QED) is 0.511. The largest absolute Gasteiger partial charge is 0.445 e. The van der Waals surface area contributed by atoms with Crippen LogP contribution in [-0.4, -0.2) is 58.2 Å². The molecule has 1 heterocycles. The van der Waals surface area contributed by atoms with Crippen molar-refractivity contribution in [2.24, 2.45) is 5.92 Å². The summed E-state index contributed by atoms with van der Waals surface area (Å²) in [5.41, 5.74) is 0.166. The molecule has 1 unspecified atom stereocenters. The maximum Gasteiger partial charge on any atom is 0.410 e. The number of benzene rings is 1. The number of carbonyl (C=O) groups is 2. The van der Waals surface area contributed by atoms with Crippen LogP contribution in [0.5, 0.6) is 0 Å². The van der Waals surface area contributed by atoms with Gasteiger partial charge >= 0.3 is 12.2 Å². The number of nitrogens with zero attached hydrogens (tertiary/aromatic N) is 3. The van der Waals surface area contributed by atoms with E-state index in [1.54, 1.807) is 21.9 Å². The Morgan fingerprint density at radius 1 is 1.20 bits per heavy atom. The van der Waals surface area contributed by atoms with Crippen molar-refractivity contribution in [3.05, 3.63) is 39.9 Å². The second kappa shape index (κ2) is 8.89. The van der Waals surface area contributed by atoms with Crippen molar-refractivity contribution in [1.82, 2.24) is 9.80 Å². The van der Waals surface area contributed by atoms with Gasteiger partial charge in [0.25, 0.3) is 5.69 Å². The number of amides is 2. The molecular weight excluding hydrogens is 390 g/mol. The van der Waals surface area contributed by atoms with E-state index in [0.717, 1.165) is 19.3 Å². The average Bonchev–Trinajstić information content (AvgIpc) is 3.40. The zero-order valence-electron chi connectivity index (χ0n) is 17.7. The smallest absolute Gasteiger partial charge is 0.410 e. The van der Waals surface area contributed by atoms with Gasteiger partial charge < -0.3 is 19.3 Å². The molecule has 2 amide bonds. The van der Waals surface area contributed by atoms with Crippen LogP contribution in [0.4, 0.5) is 15.3 Å². The Morgan fingerprint density at radius 2 is 1.87 bits per heavy atom. The van der Waals surface area contributed by atoms with Crippen molar-refractivity contribution in [2.45, 2.75) is 58.3 Å². The van der Waals surface area contributed by atoms with E-state index >= 15 is 0 Å². The molecule has 0 aromatic heterocycles. The molecule has 1 aliphatic heterocycles. The molecule has 0 bridgehead atoms. The van der Waals surface area contributed by atoms with Crippen LogP contribution in [0.1, 0.15) is 45.6 Å². The first-order chi connectivity index (χ1) is 14.1. The topological polar surface area (TPSA) is 102 Å². The van der Waals surface area contributed by atoms with Gasteiger partial charge in [-0.1, -0.05) is 0 Å². The summed E-state index contributed by atoms with van der Waals surface area (Å²) in [6, 6.07) is 6.15. The number of non-ortho nitro benzene ring substituents is 1. The Hall–Kier alpha value is -2.84. The van der Waals surface area contributed by atoms with Crippen molar-refractivity contribution in [3.63, 3.8) is 0 Å². The Bertz CT molecular complexity index is 785. The van der Waals surface area contributed by atoms with Crippen LogP contribution in [0, 0.1) is 16.0 Å². The molecule has 30 heavy (non-hydrogen) atoms. The normalized spacial score (nSPS) is 18.8. The molecule has 1 saturated carbocycles. The van der Waals surface area contributed by atoms with E-state index in [1.165, 1.54) is 12.1 Å². The van der Waals surface area contributed by atoms with Gasteiger partial charge in [0.1, 0.15) is 12.2 Å². The first kappa shape index (κ1) is 21.9. The summed E-state index contributed by atoms with van der Waals surface area (Å²) in [5.74, 6) is 0.185. The Labute approximate surface area is 176 Å². The third kappa shape index (κ3) is 6.08. The van der Waals surface area contributed by atoms with Crippen molar-refractivity contribution in [1.29, 1.82) is 0 Å². The highest BCUT2D eigenvalue weighted by molar-refractivity contribution is 5.69. The van der Waals surface area contributed by atoms with Crippen molar-refractivity contribution >= 4 is 17.9 Å². The van der Waals surface area contributed by atoms with Gasteiger partial charge in [0.15, 0.2) is 0 Å². The van der Waals surface area contributed by atoms with Gasteiger partial charge in [-0.15, -0.1) is 0 Å². The number of likely N-dealkylation sites (tertiary alicyclic amines) is 1. The summed E-state index contributed by atoms with van der Waals surface area (Å²) in [7, 11) is 0. The number of rotatable bonds is 6. The van der Waals surface area contributed by atoms with Crippen molar-refractivity contribution in [2.75, 3.05) is 19.6 Å². The van der Waals surface area contributed by atoms with Crippen molar-refractivity contribution < 1.29 is 24.0 Å². The summed E-state index contributed by atoms with van der Waals surface area (Å²) in [4.78, 5) is 38.6. The fourth-order valence-corrected chi connectivity index (χ4v) is 3.45. The SMILES string of the molecule is CC(C)(C)OC(=O)N1CCC(CN(C(=O)OCc2ccc([N+](=O)[O-])cc2)C2CC2)C1. The lowest BCUT2D eigenvalue weighted by Crippen LogP contribution is -2.39. The third-order valence-electron chi connectivity index (χ3n) is 5.12. The Morgan fingerprint density at radius 3 is 2.43 bits per heavy atom. The standard InChI is InChI=1S/C21H29N3O6/c1-21(2,3)30-19(25)22-11-10-16(12-22)13-23(17-8-9-17)20(26)29-14-15-4-6-18(7-5-15)24(27)28/h4-7,16-17H,8-14H2,1-3H3. The molecule has 9 nitrogen and oxygen atoms in total. The van der Waals surface area contributed by atoms with E-state index in [-0.39, 0.29) is 36.4 Å². The highest BCUT2D eigenvalue weighted by Gasteiger charge is 2.38. The van der Waals surface area contributed by atoms with Crippen molar-refractivity contribution in [3.8, 4) is 0 Å². The van der Waals surface area contributed by atoms with Gasteiger partial charge in [-0.3, -0.25) is 10.1 Å². The minimum atomic E-state index is -0.531. The number of ether oxygens (including phenoxy) is 2. The van der Waals surface area contributed by atoms with E-state index in [2.05, 4.69) is 0 Å². The van der Waals surface area contributed by atoms with Crippen LogP contribution in [0.15, 0.2) is 24.3 Å². The lowest BCUT2D eigenvalue weighted by molar-refractivity contribution is -0.384. The molecule has 2 fully saturated rings. The first-order valence-corrected chi connectivity index (χ1v) is 10.3. The lowest BCUT2D eigenvalue weighted by Gasteiger charge is -2.26. The molecule has 164 valence electrons. The third-order valence-corrected chi connectivity index (χ3v) is 5.12. The van der Waals surface area contributed by atoms with E-state index in [4.69, 9.17) is 9.47 Å². The zero-order chi connectivity index (χ0) is 21.9. The van der Waals surface area contributed by atoms with Crippen LogP contribution in [0.2, 0.25) is 0 Å². The average molecular weight is 419 g/mol. The van der Waals surface area contributed by atoms with Crippen LogP contribution in [0.25, 0.3) is 0 Å². The molecular formula is C21H29N3O6. The van der Waals surface area contributed by atoms with Gasteiger partial charge in [0, 0.05) is 37.8 Å². The molecule has 1 atom stereocenters. The zero-order valence-corrected chi connectivity index (χ0v) is 17.7. The summed E-state index contributed by atoms with van der Waals surface area (Å²) in [5, 5.41) is 10.7. The predicted molar refractivity (Wildman–Crippen MR) is 109 cm³/mol. The number of nitro benzene ring substituents is 1. The Kier molecular flexibility index (Phi) is 6.48. The molecule has 3 rings (SSSR count). The second-order valence-electron chi connectivity index (χ2n) is 8.94. The van der Waals surface area contributed by atoms with E-state index in [0.29, 0.717) is 25.2 Å². The van der Waals surface area contributed by atoms with E-state index in [1.807, 2.05) is 20.8 Å². The highest BCUT2D eigenvalue weighted by Crippen LogP contribution is 2.30. The molecule has 1 saturated heterocycles. The predicted octanol–water partition coefficient (Wildman–Crippen LogP) is 3.95. The molecule has 2 aliphatic rings. The van der Waals surface area contributed by atoms with Crippen LogP contribution < -0.4 is 0 Å². The molecule has 0 spiro atoms. The molecule has 1 aliphatic carbocycles. The molecule has 0 radical (unpaired) electrons. The number of hydrogen-bond acceptors (Lipinski definition) is 6. The molecule has 9 heteroatoms. The minimum absolute atomic E-state index is 0.000424. The van der Waals surface area contributed by atoms with Crippen LogP contribution in [-0.2, 0) is 16.1 Å². The highest BCUT2D eigenvalue weighted by atomic mass is 16.6. The van der Waals surface area contributed by atoms with E-state index in [9.17, 15) is 19.7 Å². The summed E-state index contributed by atoms with van der Waals surface area (Å²) < 4.78 is 10.9. The van der Waals surface area contributed by atoms with Gasteiger partial charge in [-0.2, -0.15) is 0 Å². The van der Waals surface area contributed by atoms with E-state index < -0.39 is 10.5 Å². The Balaban J connectivity index is 1.50. The lowest BCUT2D eigenvalue weighted by atomic mass is 10.1. The molecule has 1 aromatic rings. The number of nitro groups is 1. The van der Waals surface area contributed by atoms with Gasteiger partial charge in [0.05, 0.1) is 4.92 Å².